The Bertz CT molecular complexity index is 794. The third kappa shape index (κ3) is 4.00. The Labute approximate surface area is 145 Å². The average Bonchev–Trinajstić information content (AvgIpc) is 3.09. The van der Waals surface area contributed by atoms with E-state index in [1.165, 1.54) is 10.6 Å². The number of carbonyl (C=O) groups excluding carboxylic acids is 1. The summed E-state index contributed by atoms with van der Waals surface area (Å²) in [6.45, 7) is 0.805. The van der Waals surface area contributed by atoms with Crippen LogP contribution in [0.1, 0.15) is 12.8 Å². The predicted octanol–water partition coefficient (Wildman–Crippen LogP) is 2.42. The highest BCUT2D eigenvalue weighted by molar-refractivity contribution is 7.88. The number of hydrogen-bond acceptors (Lipinski definition) is 5. The van der Waals surface area contributed by atoms with Gasteiger partial charge in [0.15, 0.2) is 0 Å². The maximum Gasteiger partial charge on any atom is 0.227 e. The Kier molecular flexibility index (Phi) is 4.98. The van der Waals surface area contributed by atoms with Crippen LogP contribution in [-0.2, 0) is 14.8 Å². The highest BCUT2D eigenvalue weighted by atomic mass is 32.2. The highest BCUT2D eigenvalue weighted by Crippen LogP contribution is 2.24. The normalized spacial score (nSPS) is 16.9. The Hall–Kier alpha value is -1.77. The van der Waals surface area contributed by atoms with Gasteiger partial charge in [-0.25, -0.2) is 17.7 Å². The minimum atomic E-state index is -3.16. The Balaban J connectivity index is 1.58. The van der Waals surface area contributed by atoms with Gasteiger partial charge in [-0.2, -0.15) is 0 Å². The van der Waals surface area contributed by atoms with E-state index < -0.39 is 10.0 Å². The molecule has 1 aliphatic heterocycles. The van der Waals surface area contributed by atoms with E-state index in [-0.39, 0.29) is 11.8 Å². The van der Waals surface area contributed by atoms with Crippen molar-refractivity contribution in [2.75, 3.05) is 24.7 Å². The minimum absolute atomic E-state index is 0.0508. The number of rotatable bonds is 4. The van der Waals surface area contributed by atoms with Gasteiger partial charge in [-0.1, -0.05) is 0 Å². The zero-order valence-corrected chi connectivity index (χ0v) is 14.9. The molecule has 0 aliphatic carbocycles. The van der Waals surface area contributed by atoms with Gasteiger partial charge in [0.25, 0.3) is 0 Å². The third-order valence-corrected chi connectivity index (χ3v) is 6.25. The van der Waals surface area contributed by atoms with Crippen molar-refractivity contribution in [1.82, 2.24) is 9.29 Å². The van der Waals surface area contributed by atoms with Gasteiger partial charge in [-0.3, -0.25) is 4.79 Å². The first-order valence-electron chi connectivity index (χ1n) is 7.69. The van der Waals surface area contributed by atoms with Crippen LogP contribution in [0.2, 0.25) is 0 Å². The molecule has 1 aliphatic rings. The number of hydrogen-bond donors (Lipinski definition) is 1. The Morgan fingerprint density at radius 3 is 2.46 bits per heavy atom. The van der Waals surface area contributed by atoms with Gasteiger partial charge < -0.3 is 5.32 Å². The van der Waals surface area contributed by atoms with Gasteiger partial charge in [-0.15, -0.1) is 11.3 Å². The molecule has 2 aromatic rings. The molecule has 8 heteroatoms. The number of carbonyl (C=O) groups is 1. The van der Waals surface area contributed by atoms with E-state index >= 15 is 0 Å². The van der Waals surface area contributed by atoms with Gasteiger partial charge in [-0.05, 0) is 37.1 Å². The first kappa shape index (κ1) is 17.1. The second-order valence-electron chi connectivity index (χ2n) is 5.84. The molecule has 0 radical (unpaired) electrons. The number of amides is 1. The molecule has 1 aromatic heterocycles. The number of piperidine rings is 1. The topological polar surface area (TPSA) is 79.4 Å². The van der Waals surface area contributed by atoms with Crippen molar-refractivity contribution in [2.45, 2.75) is 12.8 Å². The smallest absolute Gasteiger partial charge is 0.227 e. The monoisotopic (exact) mass is 365 g/mol. The molecule has 1 saturated heterocycles. The molecular formula is C16H19N3O3S2. The van der Waals surface area contributed by atoms with Gasteiger partial charge in [0.1, 0.15) is 5.01 Å². The molecule has 24 heavy (non-hydrogen) atoms. The Morgan fingerprint density at radius 2 is 1.92 bits per heavy atom. The fourth-order valence-corrected chi connectivity index (χ4v) is 4.27. The zero-order valence-electron chi connectivity index (χ0n) is 13.3. The predicted molar refractivity (Wildman–Crippen MR) is 95.3 cm³/mol. The summed E-state index contributed by atoms with van der Waals surface area (Å²) in [5.41, 5.74) is 1.76. The van der Waals surface area contributed by atoms with Crippen LogP contribution >= 0.6 is 11.3 Å². The number of anilines is 1. The zero-order chi connectivity index (χ0) is 17.2. The fourth-order valence-electron chi connectivity index (χ4n) is 2.76. The number of sulfonamides is 1. The molecule has 1 amide bonds. The molecule has 1 fully saturated rings. The largest absolute Gasteiger partial charge is 0.326 e. The summed E-state index contributed by atoms with van der Waals surface area (Å²) in [6, 6.07) is 7.59. The van der Waals surface area contributed by atoms with E-state index in [1.807, 2.05) is 29.6 Å². The summed E-state index contributed by atoms with van der Waals surface area (Å²) in [5.74, 6) is -0.202. The molecule has 0 bridgehead atoms. The van der Waals surface area contributed by atoms with Crippen molar-refractivity contribution in [2.24, 2.45) is 5.92 Å². The second-order valence-corrected chi connectivity index (χ2v) is 8.72. The van der Waals surface area contributed by atoms with Crippen LogP contribution in [0.5, 0.6) is 0 Å². The lowest BCUT2D eigenvalue weighted by atomic mass is 9.97. The Morgan fingerprint density at radius 1 is 1.25 bits per heavy atom. The van der Waals surface area contributed by atoms with Gasteiger partial charge in [0.05, 0.1) is 6.26 Å². The number of nitrogens with one attached hydrogen (secondary N) is 1. The third-order valence-electron chi connectivity index (χ3n) is 4.13. The maximum absolute atomic E-state index is 12.3. The number of aromatic nitrogens is 1. The van der Waals surface area contributed by atoms with Crippen LogP contribution in [0, 0.1) is 5.92 Å². The van der Waals surface area contributed by atoms with Crippen LogP contribution in [0.25, 0.3) is 10.6 Å². The number of nitrogens with zero attached hydrogens (tertiary/aromatic N) is 2. The van der Waals surface area contributed by atoms with Gasteiger partial charge in [0.2, 0.25) is 15.9 Å². The summed E-state index contributed by atoms with van der Waals surface area (Å²) < 4.78 is 24.4. The van der Waals surface area contributed by atoms with E-state index in [1.54, 1.807) is 17.5 Å². The van der Waals surface area contributed by atoms with Crippen molar-refractivity contribution >= 4 is 33.0 Å². The molecule has 1 N–H and O–H groups in total. The summed E-state index contributed by atoms with van der Waals surface area (Å²) in [7, 11) is -3.16. The second kappa shape index (κ2) is 7.00. The lowest BCUT2D eigenvalue weighted by Gasteiger charge is -2.29. The first-order valence-corrected chi connectivity index (χ1v) is 10.4. The van der Waals surface area contributed by atoms with Crippen molar-refractivity contribution < 1.29 is 13.2 Å². The van der Waals surface area contributed by atoms with E-state index in [4.69, 9.17) is 0 Å². The molecule has 1 aromatic carbocycles. The number of benzene rings is 1. The summed E-state index contributed by atoms with van der Waals surface area (Å²) in [5, 5.41) is 5.78. The molecular weight excluding hydrogens is 346 g/mol. The SMILES string of the molecule is CS(=O)(=O)N1CCC(C(=O)Nc2ccc(-c3nccs3)cc2)CC1. The van der Waals surface area contributed by atoms with Crippen LogP contribution in [0.3, 0.4) is 0 Å². The van der Waals surface area contributed by atoms with Gasteiger partial charge >= 0.3 is 0 Å². The fraction of sp³-hybridized carbons (Fsp3) is 0.375. The van der Waals surface area contributed by atoms with Crippen LogP contribution in [0.4, 0.5) is 5.69 Å². The minimum Gasteiger partial charge on any atom is -0.326 e. The lowest BCUT2D eigenvalue weighted by molar-refractivity contribution is -0.120. The van der Waals surface area contributed by atoms with E-state index in [0.29, 0.717) is 25.9 Å². The maximum atomic E-state index is 12.3. The molecule has 128 valence electrons. The van der Waals surface area contributed by atoms with E-state index in [2.05, 4.69) is 10.3 Å². The quantitative estimate of drug-likeness (QED) is 0.902. The average molecular weight is 365 g/mol. The molecule has 0 unspecified atom stereocenters. The molecule has 0 atom stereocenters. The first-order chi connectivity index (χ1) is 11.4. The van der Waals surface area contributed by atoms with Crippen LogP contribution in [-0.4, -0.2) is 43.0 Å². The lowest BCUT2D eigenvalue weighted by Crippen LogP contribution is -2.40. The van der Waals surface area contributed by atoms with Crippen molar-refractivity contribution in [3.8, 4) is 10.6 Å². The summed E-state index contributed by atoms with van der Waals surface area (Å²) in [4.78, 5) is 16.6. The number of thiazole rings is 1. The molecule has 2 heterocycles. The molecule has 6 nitrogen and oxygen atoms in total. The van der Waals surface area contributed by atoms with Crippen molar-refractivity contribution in [3.63, 3.8) is 0 Å². The van der Waals surface area contributed by atoms with E-state index in [9.17, 15) is 13.2 Å². The van der Waals surface area contributed by atoms with Crippen molar-refractivity contribution in [3.05, 3.63) is 35.8 Å². The highest BCUT2D eigenvalue weighted by Gasteiger charge is 2.28. The summed E-state index contributed by atoms with van der Waals surface area (Å²) in [6.07, 6.45) is 4.07. The van der Waals surface area contributed by atoms with Crippen LogP contribution < -0.4 is 5.32 Å². The van der Waals surface area contributed by atoms with Gasteiger partial charge in [0, 0.05) is 41.8 Å². The van der Waals surface area contributed by atoms with Crippen LogP contribution in [0.15, 0.2) is 35.8 Å². The van der Waals surface area contributed by atoms with Crippen molar-refractivity contribution in [1.29, 1.82) is 0 Å². The molecule has 0 spiro atoms. The standard InChI is InChI=1S/C16H19N3O3S2/c1-24(21,22)19-9-6-12(7-10-19)15(20)18-14-4-2-13(3-5-14)16-17-8-11-23-16/h2-5,8,11-12H,6-7,9-10H2,1H3,(H,18,20). The molecule has 3 rings (SSSR count). The molecule has 0 saturated carbocycles. The van der Waals surface area contributed by atoms with E-state index in [0.717, 1.165) is 16.3 Å². The summed E-state index contributed by atoms with van der Waals surface area (Å²) >= 11 is 1.57.